The van der Waals surface area contributed by atoms with Gasteiger partial charge < -0.3 is 10.5 Å². The van der Waals surface area contributed by atoms with Crippen LogP contribution in [0.2, 0.25) is 0 Å². The number of thioether (sulfide) groups is 1. The SMILES string of the molecule is CCC1CCC(N)C(SCC2CCCO2)C1. The standard InChI is InChI=1S/C13H25NOS/c1-2-10-5-6-12(14)13(8-10)16-9-11-4-3-7-15-11/h10-13H,2-9,14H2,1H3. The van der Waals surface area contributed by atoms with Gasteiger partial charge in [0.05, 0.1) is 6.10 Å². The van der Waals surface area contributed by atoms with E-state index in [1.807, 2.05) is 0 Å². The first-order valence-electron chi connectivity index (χ1n) is 6.78. The van der Waals surface area contributed by atoms with Crippen LogP contribution < -0.4 is 5.73 Å². The summed E-state index contributed by atoms with van der Waals surface area (Å²) in [6, 6.07) is 0.425. The molecule has 0 radical (unpaired) electrons. The first-order chi connectivity index (χ1) is 7.79. The minimum Gasteiger partial charge on any atom is -0.377 e. The van der Waals surface area contributed by atoms with Gasteiger partial charge in [0.2, 0.25) is 0 Å². The van der Waals surface area contributed by atoms with Crippen molar-refractivity contribution >= 4 is 11.8 Å². The van der Waals surface area contributed by atoms with Crippen molar-refractivity contribution in [2.24, 2.45) is 11.7 Å². The van der Waals surface area contributed by atoms with Crippen LogP contribution in [0.25, 0.3) is 0 Å². The Morgan fingerprint density at radius 2 is 2.19 bits per heavy atom. The van der Waals surface area contributed by atoms with Gasteiger partial charge in [-0.05, 0) is 38.0 Å². The summed E-state index contributed by atoms with van der Waals surface area (Å²) in [6.07, 6.45) is 8.24. The molecular formula is C13H25NOS. The molecule has 16 heavy (non-hydrogen) atoms. The van der Waals surface area contributed by atoms with Gasteiger partial charge in [0, 0.05) is 23.7 Å². The first kappa shape index (κ1) is 12.7. The van der Waals surface area contributed by atoms with Crippen molar-refractivity contribution in [3.63, 3.8) is 0 Å². The molecule has 2 nitrogen and oxygen atoms in total. The molecule has 1 heterocycles. The van der Waals surface area contributed by atoms with E-state index in [0.29, 0.717) is 17.4 Å². The highest BCUT2D eigenvalue weighted by atomic mass is 32.2. The van der Waals surface area contributed by atoms with Crippen molar-refractivity contribution in [2.75, 3.05) is 12.4 Å². The van der Waals surface area contributed by atoms with Crippen LogP contribution in [-0.2, 0) is 4.74 Å². The average molecular weight is 243 g/mol. The summed E-state index contributed by atoms with van der Waals surface area (Å²) in [5.41, 5.74) is 6.22. The van der Waals surface area contributed by atoms with Crippen molar-refractivity contribution in [1.29, 1.82) is 0 Å². The Kier molecular flexibility index (Phi) is 4.98. The maximum absolute atomic E-state index is 6.22. The lowest BCUT2D eigenvalue weighted by molar-refractivity contribution is 0.128. The van der Waals surface area contributed by atoms with Crippen molar-refractivity contribution in [3.05, 3.63) is 0 Å². The quantitative estimate of drug-likeness (QED) is 0.824. The van der Waals surface area contributed by atoms with Crippen molar-refractivity contribution in [2.45, 2.75) is 62.8 Å². The lowest BCUT2D eigenvalue weighted by Gasteiger charge is -2.33. The molecular weight excluding hydrogens is 218 g/mol. The fourth-order valence-corrected chi connectivity index (χ4v) is 4.32. The van der Waals surface area contributed by atoms with E-state index in [2.05, 4.69) is 18.7 Å². The zero-order chi connectivity index (χ0) is 11.4. The Labute approximate surface area is 104 Å². The zero-order valence-corrected chi connectivity index (χ0v) is 11.2. The molecule has 2 N–H and O–H groups in total. The van der Waals surface area contributed by atoms with Crippen LogP contribution in [0.5, 0.6) is 0 Å². The number of nitrogens with two attached hydrogens (primary N) is 1. The maximum atomic E-state index is 6.22. The highest BCUT2D eigenvalue weighted by Gasteiger charge is 2.28. The molecule has 0 amide bonds. The van der Waals surface area contributed by atoms with Crippen LogP contribution in [-0.4, -0.2) is 29.8 Å². The first-order valence-corrected chi connectivity index (χ1v) is 7.83. The van der Waals surface area contributed by atoms with Crippen molar-refractivity contribution in [1.82, 2.24) is 0 Å². The molecule has 0 bridgehead atoms. The van der Waals surface area contributed by atoms with E-state index in [1.54, 1.807) is 0 Å². The monoisotopic (exact) mass is 243 g/mol. The Hall–Kier alpha value is 0.270. The minimum atomic E-state index is 0.425. The summed E-state index contributed by atoms with van der Waals surface area (Å²) in [6.45, 7) is 3.28. The fourth-order valence-electron chi connectivity index (χ4n) is 2.80. The second kappa shape index (κ2) is 6.27. The van der Waals surface area contributed by atoms with Crippen LogP contribution in [0.15, 0.2) is 0 Å². The summed E-state index contributed by atoms with van der Waals surface area (Å²) in [5.74, 6) is 2.08. The third-order valence-electron chi connectivity index (χ3n) is 4.05. The maximum Gasteiger partial charge on any atom is 0.0666 e. The van der Waals surface area contributed by atoms with Gasteiger partial charge in [-0.15, -0.1) is 0 Å². The second-order valence-electron chi connectivity index (χ2n) is 5.26. The van der Waals surface area contributed by atoms with Gasteiger partial charge in [-0.1, -0.05) is 13.3 Å². The van der Waals surface area contributed by atoms with E-state index in [-0.39, 0.29) is 0 Å². The van der Waals surface area contributed by atoms with Gasteiger partial charge in [-0.2, -0.15) is 11.8 Å². The predicted octanol–water partition coefficient (Wildman–Crippen LogP) is 2.80. The Morgan fingerprint density at radius 3 is 2.88 bits per heavy atom. The summed E-state index contributed by atoms with van der Waals surface area (Å²) in [5, 5.41) is 0.683. The van der Waals surface area contributed by atoms with Gasteiger partial charge in [0.15, 0.2) is 0 Å². The molecule has 4 atom stereocenters. The molecule has 1 aliphatic heterocycles. The normalized spacial score (nSPS) is 40.1. The number of hydrogen-bond donors (Lipinski definition) is 1. The predicted molar refractivity (Wildman–Crippen MR) is 70.8 cm³/mol. The van der Waals surface area contributed by atoms with Crippen LogP contribution in [0.4, 0.5) is 0 Å². The second-order valence-corrected chi connectivity index (χ2v) is 6.53. The van der Waals surface area contributed by atoms with E-state index >= 15 is 0 Å². The van der Waals surface area contributed by atoms with Gasteiger partial charge in [0.1, 0.15) is 0 Å². The van der Waals surface area contributed by atoms with Crippen molar-refractivity contribution < 1.29 is 4.74 Å². The fraction of sp³-hybridized carbons (Fsp3) is 1.00. The molecule has 1 saturated heterocycles. The zero-order valence-electron chi connectivity index (χ0n) is 10.4. The Morgan fingerprint density at radius 1 is 1.31 bits per heavy atom. The molecule has 1 aliphatic carbocycles. The summed E-state index contributed by atoms with van der Waals surface area (Å²) >= 11 is 2.07. The number of ether oxygens (including phenoxy) is 1. The van der Waals surface area contributed by atoms with E-state index < -0.39 is 0 Å². The smallest absolute Gasteiger partial charge is 0.0666 e. The summed E-state index contributed by atoms with van der Waals surface area (Å²) in [4.78, 5) is 0. The molecule has 3 heteroatoms. The Balaban J connectivity index is 1.73. The van der Waals surface area contributed by atoms with Crippen LogP contribution in [0.3, 0.4) is 0 Å². The highest BCUT2D eigenvalue weighted by Crippen LogP contribution is 2.34. The number of hydrogen-bond acceptors (Lipinski definition) is 3. The largest absolute Gasteiger partial charge is 0.377 e. The van der Waals surface area contributed by atoms with Crippen molar-refractivity contribution in [3.8, 4) is 0 Å². The molecule has 0 aromatic heterocycles. The van der Waals surface area contributed by atoms with Gasteiger partial charge >= 0.3 is 0 Å². The molecule has 4 unspecified atom stereocenters. The molecule has 0 aromatic carbocycles. The van der Waals surface area contributed by atoms with Gasteiger partial charge in [0.25, 0.3) is 0 Å². The third kappa shape index (κ3) is 3.38. The highest BCUT2D eigenvalue weighted by molar-refractivity contribution is 8.00. The third-order valence-corrected chi connectivity index (χ3v) is 5.58. The Bertz CT molecular complexity index is 206. The summed E-state index contributed by atoms with van der Waals surface area (Å²) < 4.78 is 5.67. The topological polar surface area (TPSA) is 35.2 Å². The van der Waals surface area contributed by atoms with Crippen LogP contribution >= 0.6 is 11.8 Å². The minimum absolute atomic E-state index is 0.425. The van der Waals surface area contributed by atoms with Crippen LogP contribution in [0, 0.1) is 5.92 Å². The average Bonchev–Trinajstić information content (AvgIpc) is 2.81. The van der Waals surface area contributed by atoms with E-state index in [1.165, 1.54) is 38.5 Å². The van der Waals surface area contributed by atoms with Crippen LogP contribution in [0.1, 0.15) is 45.4 Å². The molecule has 1 saturated carbocycles. The number of rotatable bonds is 4. The molecule has 2 rings (SSSR count). The van der Waals surface area contributed by atoms with E-state index in [4.69, 9.17) is 10.5 Å². The summed E-state index contributed by atoms with van der Waals surface area (Å²) in [7, 11) is 0. The molecule has 2 fully saturated rings. The lowest BCUT2D eigenvalue weighted by Crippen LogP contribution is -2.39. The molecule has 94 valence electrons. The molecule has 0 aromatic rings. The lowest BCUT2D eigenvalue weighted by atomic mass is 9.84. The van der Waals surface area contributed by atoms with E-state index in [9.17, 15) is 0 Å². The molecule has 2 aliphatic rings. The van der Waals surface area contributed by atoms with Gasteiger partial charge in [-0.3, -0.25) is 0 Å². The van der Waals surface area contributed by atoms with E-state index in [0.717, 1.165) is 18.3 Å². The van der Waals surface area contributed by atoms with Gasteiger partial charge in [-0.25, -0.2) is 0 Å². The molecule has 0 spiro atoms.